The molecule has 2 aromatic heterocycles. The van der Waals surface area contributed by atoms with Gasteiger partial charge in [-0.25, -0.2) is 4.98 Å². The maximum Gasteiger partial charge on any atom is 0.128 e. The van der Waals surface area contributed by atoms with Crippen molar-refractivity contribution in [3.63, 3.8) is 0 Å². The van der Waals surface area contributed by atoms with E-state index in [4.69, 9.17) is 5.11 Å². The summed E-state index contributed by atoms with van der Waals surface area (Å²) in [4.78, 5) is 10.4. The Kier molecular flexibility index (Phi) is 4.25. The number of aliphatic hydroxyl groups is 1. The second kappa shape index (κ2) is 6.12. The molecule has 0 fully saturated rings. The maximum atomic E-state index is 9.06. The van der Waals surface area contributed by atoms with Gasteiger partial charge < -0.3 is 10.0 Å². The van der Waals surface area contributed by atoms with Gasteiger partial charge in [0.05, 0.1) is 12.3 Å². The fourth-order valence-corrected chi connectivity index (χ4v) is 1.73. The van der Waals surface area contributed by atoms with E-state index in [0.29, 0.717) is 5.69 Å². The van der Waals surface area contributed by atoms with Gasteiger partial charge in [-0.1, -0.05) is 6.07 Å². The predicted molar refractivity (Wildman–Crippen MR) is 71.4 cm³/mol. The molecule has 0 spiro atoms. The van der Waals surface area contributed by atoms with Gasteiger partial charge in [-0.15, -0.1) is 0 Å². The third-order valence-corrected chi connectivity index (χ3v) is 2.83. The zero-order valence-corrected chi connectivity index (χ0v) is 10.5. The summed E-state index contributed by atoms with van der Waals surface area (Å²) in [5.41, 5.74) is 1.96. The van der Waals surface area contributed by atoms with Crippen LogP contribution >= 0.6 is 0 Å². The second-order valence-electron chi connectivity index (χ2n) is 4.17. The van der Waals surface area contributed by atoms with Crippen LogP contribution in [-0.2, 0) is 13.0 Å². The first-order valence-corrected chi connectivity index (χ1v) is 5.96. The minimum atomic E-state index is -0.0218. The fraction of sp³-hybridized carbons (Fsp3) is 0.286. The van der Waals surface area contributed by atoms with Crippen molar-refractivity contribution in [1.29, 1.82) is 0 Å². The van der Waals surface area contributed by atoms with Gasteiger partial charge in [-0.2, -0.15) is 0 Å². The van der Waals surface area contributed by atoms with E-state index < -0.39 is 0 Å². The van der Waals surface area contributed by atoms with E-state index in [0.717, 1.165) is 18.8 Å². The highest BCUT2D eigenvalue weighted by atomic mass is 16.3. The molecule has 0 atom stereocenters. The van der Waals surface area contributed by atoms with Crippen LogP contribution in [0.25, 0.3) is 0 Å². The predicted octanol–water partition coefficient (Wildman–Crippen LogP) is 1.65. The first kappa shape index (κ1) is 12.5. The molecule has 2 aromatic rings. The monoisotopic (exact) mass is 243 g/mol. The Morgan fingerprint density at radius 2 is 1.94 bits per heavy atom. The molecule has 0 radical (unpaired) electrons. The number of aliphatic hydroxyl groups excluding tert-OH is 1. The van der Waals surface area contributed by atoms with Gasteiger partial charge >= 0.3 is 0 Å². The van der Waals surface area contributed by atoms with Crippen molar-refractivity contribution in [3.05, 3.63) is 54.0 Å². The Bertz CT molecular complexity index is 487. The molecule has 0 saturated heterocycles. The first-order chi connectivity index (χ1) is 8.79. The summed E-state index contributed by atoms with van der Waals surface area (Å²) in [7, 11) is 2.00. The van der Waals surface area contributed by atoms with Crippen LogP contribution < -0.4 is 4.90 Å². The van der Waals surface area contributed by atoms with E-state index in [1.54, 1.807) is 12.4 Å². The molecule has 0 aromatic carbocycles. The maximum absolute atomic E-state index is 9.06. The van der Waals surface area contributed by atoms with Gasteiger partial charge in [0.1, 0.15) is 5.82 Å². The Labute approximate surface area is 107 Å². The lowest BCUT2D eigenvalue weighted by molar-refractivity contribution is 0.277. The molecule has 18 heavy (non-hydrogen) atoms. The van der Waals surface area contributed by atoms with Crippen molar-refractivity contribution in [1.82, 2.24) is 9.97 Å². The molecule has 1 N–H and O–H groups in total. The van der Waals surface area contributed by atoms with Crippen molar-refractivity contribution in [2.45, 2.75) is 13.0 Å². The summed E-state index contributed by atoms with van der Waals surface area (Å²) in [6.45, 7) is 0.859. The average Bonchev–Trinajstić information content (AvgIpc) is 2.46. The molecule has 0 aliphatic heterocycles. The third-order valence-electron chi connectivity index (χ3n) is 2.83. The summed E-state index contributed by atoms with van der Waals surface area (Å²) in [6.07, 6.45) is 4.56. The van der Waals surface area contributed by atoms with Crippen LogP contribution in [-0.4, -0.2) is 28.7 Å². The van der Waals surface area contributed by atoms with Crippen LogP contribution in [0.15, 0.2) is 42.7 Å². The number of hydrogen-bond acceptors (Lipinski definition) is 4. The molecular formula is C14H17N3O. The zero-order chi connectivity index (χ0) is 12.8. The van der Waals surface area contributed by atoms with Gasteiger partial charge in [0, 0.05) is 26.0 Å². The van der Waals surface area contributed by atoms with Crippen molar-refractivity contribution >= 4 is 5.82 Å². The van der Waals surface area contributed by atoms with Crippen LogP contribution in [0.2, 0.25) is 0 Å². The molecule has 2 heterocycles. The molecule has 0 aliphatic rings. The average molecular weight is 243 g/mol. The van der Waals surface area contributed by atoms with Gasteiger partial charge in [0.15, 0.2) is 0 Å². The van der Waals surface area contributed by atoms with Crippen molar-refractivity contribution in [2.75, 3.05) is 18.5 Å². The molecule has 0 amide bonds. The molecule has 0 unspecified atom stereocenters. The molecule has 4 heteroatoms. The second-order valence-corrected chi connectivity index (χ2v) is 4.17. The standard InChI is InChI=1S/C14H17N3O/c1-17(10-7-12-5-8-15-9-6-12)14-4-2-3-13(11-18)16-14/h2-6,8-9,18H,7,10-11H2,1H3. The van der Waals surface area contributed by atoms with Crippen LogP contribution in [0, 0.1) is 0 Å². The molecule has 0 saturated carbocycles. The summed E-state index contributed by atoms with van der Waals surface area (Å²) in [6, 6.07) is 9.72. The number of likely N-dealkylation sites (N-methyl/N-ethyl adjacent to an activating group) is 1. The Morgan fingerprint density at radius 1 is 1.17 bits per heavy atom. The highest BCUT2D eigenvalue weighted by molar-refractivity contribution is 5.38. The molecule has 94 valence electrons. The summed E-state index contributed by atoms with van der Waals surface area (Å²) >= 11 is 0. The van der Waals surface area contributed by atoms with Gasteiger partial charge in [-0.3, -0.25) is 4.98 Å². The lowest BCUT2D eigenvalue weighted by atomic mass is 10.2. The van der Waals surface area contributed by atoms with Crippen LogP contribution in [0.5, 0.6) is 0 Å². The number of rotatable bonds is 5. The minimum absolute atomic E-state index is 0.0218. The van der Waals surface area contributed by atoms with E-state index in [1.807, 2.05) is 37.4 Å². The minimum Gasteiger partial charge on any atom is -0.390 e. The topological polar surface area (TPSA) is 49.2 Å². The highest BCUT2D eigenvalue weighted by Gasteiger charge is 2.03. The smallest absolute Gasteiger partial charge is 0.128 e. The quantitative estimate of drug-likeness (QED) is 0.867. The Balaban J connectivity index is 1.97. The lowest BCUT2D eigenvalue weighted by Gasteiger charge is -2.18. The summed E-state index contributed by atoms with van der Waals surface area (Å²) in [5, 5.41) is 9.06. The number of pyridine rings is 2. The molecule has 2 rings (SSSR count). The molecule has 0 bridgehead atoms. The van der Waals surface area contributed by atoms with Crippen molar-refractivity contribution in [3.8, 4) is 0 Å². The van der Waals surface area contributed by atoms with E-state index >= 15 is 0 Å². The third kappa shape index (κ3) is 3.28. The highest BCUT2D eigenvalue weighted by Crippen LogP contribution is 2.10. The van der Waals surface area contributed by atoms with E-state index in [9.17, 15) is 0 Å². The van der Waals surface area contributed by atoms with E-state index in [2.05, 4.69) is 14.9 Å². The number of aromatic nitrogens is 2. The largest absolute Gasteiger partial charge is 0.390 e. The molecule has 4 nitrogen and oxygen atoms in total. The van der Waals surface area contributed by atoms with Crippen molar-refractivity contribution in [2.24, 2.45) is 0 Å². The van der Waals surface area contributed by atoms with E-state index in [-0.39, 0.29) is 6.61 Å². The van der Waals surface area contributed by atoms with E-state index in [1.165, 1.54) is 5.56 Å². The normalized spacial score (nSPS) is 10.3. The van der Waals surface area contributed by atoms with Gasteiger partial charge in [0.25, 0.3) is 0 Å². The summed E-state index contributed by atoms with van der Waals surface area (Å²) in [5.74, 6) is 0.885. The number of anilines is 1. The van der Waals surface area contributed by atoms with Gasteiger partial charge in [0.2, 0.25) is 0 Å². The number of nitrogens with zero attached hydrogens (tertiary/aromatic N) is 3. The SMILES string of the molecule is CN(CCc1ccncc1)c1cccc(CO)n1. The zero-order valence-electron chi connectivity index (χ0n) is 10.5. The van der Waals surface area contributed by atoms with Crippen LogP contribution in [0.3, 0.4) is 0 Å². The first-order valence-electron chi connectivity index (χ1n) is 5.96. The van der Waals surface area contributed by atoms with Crippen molar-refractivity contribution < 1.29 is 5.11 Å². The molecular weight excluding hydrogens is 226 g/mol. The van der Waals surface area contributed by atoms with Crippen LogP contribution in [0.4, 0.5) is 5.82 Å². The Hall–Kier alpha value is -1.94. The van der Waals surface area contributed by atoms with Gasteiger partial charge in [-0.05, 0) is 36.2 Å². The van der Waals surface area contributed by atoms with Crippen LogP contribution in [0.1, 0.15) is 11.3 Å². The lowest BCUT2D eigenvalue weighted by Crippen LogP contribution is -2.21. The molecule has 0 aliphatic carbocycles. The number of hydrogen-bond donors (Lipinski definition) is 1. The summed E-state index contributed by atoms with van der Waals surface area (Å²) < 4.78 is 0. The fourth-order valence-electron chi connectivity index (χ4n) is 1.73. The Morgan fingerprint density at radius 3 is 2.67 bits per heavy atom.